The first-order chi connectivity index (χ1) is 11.2. The van der Waals surface area contributed by atoms with Gasteiger partial charge in [0, 0.05) is 26.7 Å². The number of methoxy groups -OCH3 is 1. The van der Waals surface area contributed by atoms with E-state index in [4.69, 9.17) is 9.47 Å². The number of ether oxygens (including phenoxy) is 2. The van der Waals surface area contributed by atoms with Crippen LogP contribution >= 0.6 is 11.3 Å². The highest BCUT2D eigenvalue weighted by atomic mass is 32.1. The van der Waals surface area contributed by atoms with Crippen LogP contribution in [-0.4, -0.2) is 31.9 Å². The molecule has 1 heterocycles. The molecule has 0 bridgehead atoms. The first-order valence-corrected chi connectivity index (χ1v) is 8.96. The van der Waals surface area contributed by atoms with E-state index in [1.807, 2.05) is 6.07 Å². The Balaban J connectivity index is 1.88. The number of nitrogens with one attached hydrogen (secondary N) is 1. The van der Waals surface area contributed by atoms with Gasteiger partial charge in [-0.15, -0.1) is 0 Å². The van der Waals surface area contributed by atoms with Crippen molar-refractivity contribution in [3.8, 4) is 5.06 Å². The molecule has 2 rings (SSSR count). The highest BCUT2D eigenvalue weighted by Crippen LogP contribution is 2.32. The third-order valence-corrected chi connectivity index (χ3v) is 4.62. The van der Waals surface area contributed by atoms with Gasteiger partial charge in [0.25, 0.3) is 0 Å². The predicted molar refractivity (Wildman–Crippen MR) is 96.8 cm³/mol. The lowest BCUT2D eigenvalue weighted by molar-refractivity contribution is 0.173. The lowest BCUT2D eigenvalue weighted by Crippen LogP contribution is -2.09. The second-order valence-electron chi connectivity index (χ2n) is 5.49. The van der Waals surface area contributed by atoms with Crippen molar-refractivity contribution in [2.45, 2.75) is 32.6 Å². The molecule has 1 aromatic heterocycles. The van der Waals surface area contributed by atoms with Crippen LogP contribution in [0.25, 0.3) is 0 Å². The molecule has 0 radical (unpaired) electrons. The molecule has 1 atom stereocenters. The molecule has 0 saturated heterocycles. The van der Waals surface area contributed by atoms with Crippen LogP contribution in [0, 0.1) is 0 Å². The molecule has 1 unspecified atom stereocenters. The van der Waals surface area contributed by atoms with Crippen LogP contribution < -0.4 is 10.1 Å². The van der Waals surface area contributed by atoms with Crippen LogP contribution in [-0.2, 0) is 11.2 Å². The van der Waals surface area contributed by atoms with E-state index in [0.29, 0.717) is 12.5 Å². The average Bonchev–Trinajstić information content (AvgIpc) is 2.99. The van der Waals surface area contributed by atoms with E-state index < -0.39 is 0 Å². The summed E-state index contributed by atoms with van der Waals surface area (Å²) in [5.74, 6) is 0.441. The van der Waals surface area contributed by atoms with E-state index in [2.05, 4.69) is 48.4 Å². The van der Waals surface area contributed by atoms with Crippen LogP contribution in [0.5, 0.6) is 5.06 Å². The summed E-state index contributed by atoms with van der Waals surface area (Å²) < 4.78 is 10.9. The van der Waals surface area contributed by atoms with E-state index in [-0.39, 0.29) is 0 Å². The van der Waals surface area contributed by atoms with Gasteiger partial charge in [-0.1, -0.05) is 55.5 Å². The summed E-state index contributed by atoms with van der Waals surface area (Å²) in [6.07, 6.45) is 1.78. The summed E-state index contributed by atoms with van der Waals surface area (Å²) in [7, 11) is 1.71. The van der Waals surface area contributed by atoms with Crippen molar-refractivity contribution in [1.82, 2.24) is 4.98 Å². The molecular formula is C18H26N2O2S. The van der Waals surface area contributed by atoms with Crippen molar-refractivity contribution in [3.63, 3.8) is 0 Å². The number of nitrogens with zero attached hydrogens (tertiary/aromatic N) is 1. The highest BCUT2D eigenvalue weighted by molar-refractivity contribution is 7.17. The number of hydrogen-bond donors (Lipinski definition) is 1. The second-order valence-corrected chi connectivity index (χ2v) is 6.46. The zero-order chi connectivity index (χ0) is 16.5. The van der Waals surface area contributed by atoms with Crippen molar-refractivity contribution in [2.24, 2.45) is 0 Å². The molecular weight excluding hydrogens is 308 g/mol. The van der Waals surface area contributed by atoms with Gasteiger partial charge >= 0.3 is 0 Å². The van der Waals surface area contributed by atoms with Gasteiger partial charge in [0.15, 0.2) is 10.2 Å². The normalized spacial score (nSPS) is 12.1. The second kappa shape index (κ2) is 9.53. The largest absolute Gasteiger partial charge is 0.482 e. The van der Waals surface area contributed by atoms with E-state index in [1.165, 1.54) is 5.56 Å². The summed E-state index contributed by atoms with van der Waals surface area (Å²) in [4.78, 5) is 4.64. The molecule has 126 valence electrons. The molecule has 0 amide bonds. The molecule has 1 aromatic carbocycles. The predicted octanol–water partition coefficient (Wildman–Crippen LogP) is 4.34. The molecule has 1 N–H and O–H groups in total. The molecule has 0 aliphatic heterocycles. The van der Waals surface area contributed by atoms with Crippen LogP contribution in [0.15, 0.2) is 30.3 Å². The summed E-state index contributed by atoms with van der Waals surface area (Å²) >= 11 is 1.59. The fourth-order valence-electron chi connectivity index (χ4n) is 2.26. The summed E-state index contributed by atoms with van der Waals surface area (Å²) in [6, 6.07) is 10.5. The molecule has 2 aromatic rings. The fraction of sp³-hybridized carbons (Fsp3) is 0.500. The fourth-order valence-corrected chi connectivity index (χ4v) is 3.19. The van der Waals surface area contributed by atoms with Crippen molar-refractivity contribution in [3.05, 3.63) is 41.6 Å². The number of hydrogen-bond acceptors (Lipinski definition) is 5. The summed E-state index contributed by atoms with van der Waals surface area (Å²) in [6.45, 7) is 6.58. The minimum absolute atomic E-state index is 0.441. The maximum atomic E-state index is 5.84. The number of anilines is 1. The summed E-state index contributed by atoms with van der Waals surface area (Å²) in [5, 5.41) is 5.31. The Morgan fingerprint density at radius 1 is 1.22 bits per heavy atom. The zero-order valence-corrected chi connectivity index (χ0v) is 15.0. The quantitative estimate of drug-likeness (QED) is 0.657. The van der Waals surface area contributed by atoms with Gasteiger partial charge < -0.3 is 14.8 Å². The van der Waals surface area contributed by atoms with E-state index in [0.717, 1.165) is 41.9 Å². The Morgan fingerprint density at radius 2 is 2.00 bits per heavy atom. The SMILES string of the molecule is CCc1nc(NCC(C)c2ccccc2)sc1OCCCOC. The molecule has 5 heteroatoms. The zero-order valence-electron chi connectivity index (χ0n) is 14.2. The van der Waals surface area contributed by atoms with Gasteiger partial charge in [-0.2, -0.15) is 0 Å². The summed E-state index contributed by atoms with van der Waals surface area (Å²) in [5.41, 5.74) is 2.37. The smallest absolute Gasteiger partial charge is 0.199 e. The van der Waals surface area contributed by atoms with Crippen molar-refractivity contribution in [1.29, 1.82) is 0 Å². The van der Waals surface area contributed by atoms with Crippen LogP contribution in [0.4, 0.5) is 5.13 Å². The monoisotopic (exact) mass is 334 g/mol. The van der Waals surface area contributed by atoms with Crippen molar-refractivity contribution in [2.75, 3.05) is 32.2 Å². The number of aromatic nitrogens is 1. The van der Waals surface area contributed by atoms with E-state index >= 15 is 0 Å². The maximum Gasteiger partial charge on any atom is 0.199 e. The Morgan fingerprint density at radius 3 is 2.70 bits per heavy atom. The Kier molecular flexibility index (Phi) is 7.36. The Labute approximate surface area is 142 Å². The molecule has 4 nitrogen and oxygen atoms in total. The maximum absolute atomic E-state index is 5.84. The average molecular weight is 334 g/mol. The molecule has 0 aliphatic carbocycles. The van der Waals surface area contributed by atoms with Crippen molar-refractivity contribution >= 4 is 16.5 Å². The Bertz CT molecular complexity index is 572. The first-order valence-electron chi connectivity index (χ1n) is 8.14. The van der Waals surface area contributed by atoms with Gasteiger partial charge in [-0.25, -0.2) is 4.98 Å². The molecule has 23 heavy (non-hydrogen) atoms. The third-order valence-electron chi connectivity index (χ3n) is 3.65. The van der Waals surface area contributed by atoms with Gasteiger partial charge in [-0.3, -0.25) is 0 Å². The van der Waals surface area contributed by atoms with Gasteiger partial charge in [0.05, 0.1) is 12.3 Å². The van der Waals surface area contributed by atoms with Gasteiger partial charge in [0.1, 0.15) is 0 Å². The van der Waals surface area contributed by atoms with E-state index in [1.54, 1.807) is 18.4 Å². The number of aryl methyl sites for hydroxylation is 1. The third kappa shape index (κ3) is 5.52. The van der Waals surface area contributed by atoms with E-state index in [9.17, 15) is 0 Å². The molecule has 0 spiro atoms. The minimum Gasteiger partial charge on any atom is -0.482 e. The number of rotatable bonds is 10. The minimum atomic E-state index is 0.441. The number of benzene rings is 1. The highest BCUT2D eigenvalue weighted by Gasteiger charge is 2.12. The lowest BCUT2D eigenvalue weighted by atomic mass is 10.0. The standard InChI is InChI=1S/C18H26N2O2S/c1-4-16-17(22-12-8-11-21-3)23-18(20-16)19-13-14(2)15-9-6-5-7-10-15/h5-7,9-10,14H,4,8,11-13H2,1-3H3,(H,19,20). The van der Waals surface area contributed by atoms with Crippen molar-refractivity contribution < 1.29 is 9.47 Å². The first kappa shape index (κ1) is 17.8. The lowest BCUT2D eigenvalue weighted by Gasteiger charge is -2.12. The number of thiazole rings is 1. The Hall–Kier alpha value is -1.59. The molecule has 0 fully saturated rings. The van der Waals surface area contributed by atoms with Gasteiger partial charge in [-0.05, 0) is 17.9 Å². The van der Waals surface area contributed by atoms with Crippen LogP contribution in [0.3, 0.4) is 0 Å². The van der Waals surface area contributed by atoms with Crippen LogP contribution in [0.1, 0.15) is 37.4 Å². The van der Waals surface area contributed by atoms with Crippen LogP contribution in [0.2, 0.25) is 0 Å². The van der Waals surface area contributed by atoms with Gasteiger partial charge in [0.2, 0.25) is 0 Å². The molecule has 0 aliphatic rings. The molecule has 0 saturated carbocycles. The topological polar surface area (TPSA) is 43.4 Å².